The first-order valence-corrected chi connectivity index (χ1v) is 5.98. The smallest absolute Gasteiger partial charge is 0.105 e. The fraction of sp³-hybridized carbons (Fsp3) is 0.692. The van der Waals surface area contributed by atoms with Crippen molar-refractivity contribution in [3.63, 3.8) is 0 Å². The monoisotopic (exact) mass is 209 g/mol. The van der Waals surface area contributed by atoms with Crippen LogP contribution in [0.15, 0.2) is 22.8 Å². The molecule has 1 aromatic heterocycles. The quantitative estimate of drug-likeness (QED) is 0.745. The Balaban J connectivity index is 2.16. The van der Waals surface area contributed by atoms with Crippen LogP contribution in [0.1, 0.15) is 39.4 Å². The van der Waals surface area contributed by atoms with E-state index in [4.69, 9.17) is 4.42 Å². The normalized spacial score (nSPS) is 15.1. The van der Waals surface area contributed by atoms with E-state index in [2.05, 4.69) is 26.1 Å². The summed E-state index contributed by atoms with van der Waals surface area (Å²) >= 11 is 0. The van der Waals surface area contributed by atoms with Gasteiger partial charge in [-0.1, -0.05) is 20.3 Å². The standard InChI is InChI=1S/C13H23NO/c1-4-6-11(2)10-14-12(3)9-13-7-5-8-15-13/h5,7-8,11-12,14H,4,6,9-10H2,1-3H3. The van der Waals surface area contributed by atoms with Crippen LogP contribution in [0.4, 0.5) is 0 Å². The van der Waals surface area contributed by atoms with Crippen molar-refractivity contribution in [2.45, 2.75) is 46.1 Å². The minimum absolute atomic E-state index is 0.496. The van der Waals surface area contributed by atoms with Crippen LogP contribution < -0.4 is 5.32 Å². The van der Waals surface area contributed by atoms with Crippen molar-refractivity contribution < 1.29 is 4.42 Å². The predicted molar refractivity (Wildman–Crippen MR) is 63.9 cm³/mol. The molecule has 86 valence electrons. The van der Waals surface area contributed by atoms with Crippen LogP contribution in [0.5, 0.6) is 0 Å². The third kappa shape index (κ3) is 5.03. The number of hydrogen-bond acceptors (Lipinski definition) is 2. The Bertz CT molecular complexity index is 243. The fourth-order valence-corrected chi connectivity index (χ4v) is 1.80. The van der Waals surface area contributed by atoms with Gasteiger partial charge >= 0.3 is 0 Å². The molecule has 0 fully saturated rings. The van der Waals surface area contributed by atoms with E-state index in [1.165, 1.54) is 12.8 Å². The van der Waals surface area contributed by atoms with Crippen LogP contribution in [-0.2, 0) is 6.42 Å². The van der Waals surface area contributed by atoms with Crippen LogP contribution in [0.3, 0.4) is 0 Å². The maximum atomic E-state index is 5.32. The fourth-order valence-electron chi connectivity index (χ4n) is 1.80. The van der Waals surface area contributed by atoms with Crippen molar-refractivity contribution in [2.24, 2.45) is 5.92 Å². The summed E-state index contributed by atoms with van der Waals surface area (Å²) in [5.74, 6) is 1.84. The molecule has 0 saturated carbocycles. The first-order valence-electron chi connectivity index (χ1n) is 5.98. The Hall–Kier alpha value is -0.760. The highest BCUT2D eigenvalue weighted by atomic mass is 16.3. The first kappa shape index (κ1) is 12.3. The second kappa shape index (κ2) is 6.67. The van der Waals surface area contributed by atoms with Gasteiger partial charge in [-0.3, -0.25) is 0 Å². The van der Waals surface area contributed by atoms with Crippen molar-refractivity contribution >= 4 is 0 Å². The van der Waals surface area contributed by atoms with E-state index in [0.29, 0.717) is 6.04 Å². The summed E-state index contributed by atoms with van der Waals surface area (Å²) in [4.78, 5) is 0. The molecule has 1 heterocycles. The molecule has 0 aliphatic rings. The van der Waals surface area contributed by atoms with Crippen molar-refractivity contribution in [1.29, 1.82) is 0 Å². The maximum absolute atomic E-state index is 5.32. The lowest BCUT2D eigenvalue weighted by atomic mass is 10.1. The number of rotatable bonds is 7. The highest BCUT2D eigenvalue weighted by Crippen LogP contribution is 2.06. The SMILES string of the molecule is CCCC(C)CNC(C)Cc1ccco1. The number of furan rings is 1. The molecule has 1 aromatic rings. The Morgan fingerprint density at radius 2 is 2.20 bits per heavy atom. The summed E-state index contributed by atoms with van der Waals surface area (Å²) in [6.45, 7) is 7.86. The van der Waals surface area contributed by atoms with Gasteiger partial charge in [-0.25, -0.2) is 0 Å². The van der Waals surface area contributed by atoms with Gasteiger partial charge in [0.2, 0.25) is 0 Å². The number of hydrogen-bond donors (Lipinski definition) is 1. The van der Waals surface area contributed by atoms with E-state index in [0.717, 1.165) is 24.6 Å². The summed E-state index contributed by atoms with van der Waals surface area (Å²) in [6, 6.07) is 4.48. The van der Waals surface area contributed by atoms with Gasteiger partial charge in [0, 0.05) is 12.5 Å². The third-order valence-electron chi connectivity index (χ3n) is 2.68. The topological polar surface area (TPSA) is 25.2 Å². The Morgan fingerprint density at radius 1 is 1.40 bits per heavy atom. The minimum atomic E-state index is 0.496. The first-order chi connectivity index (χ1) is 7.22. The Morgan fingerprint density at radius 3 is 2.80 bits per heavy atom. The molecule has 0 aliphatic carbocycles. The highest BCUT2D eigenvalue weighted by Gasteiger charge is 2.07. The second-order valence-corrected chi connectivity index (χ2v) is 4.49. The molecule has 15 heavy (non-hydrogen) atoms. The van der Waals surface area contributed by atoms with E-state index < -0.39 is 0 Å². The molecular formula is C13H23NO. The van der Waals surface area contributed by atoms with Gasteiger partial charge in [-0.2, -0.15) is 0 Å². The van der Waals surface area contributed by atoms with E-state index in [1.807, 2.05) is 12.1 Å². The van der Waals surface area contributed by atoms with E-state index in [1.54, 1.807) is 6.26 Å². The van der Waals surface area contributed by atoms with Crippen LogP contribution in [0.2, 0.25) is 0 Å². The minimum Gasteiger partial charge on any atom is -0.469 e. The molecule has 1 N–H and O–H groups in total. The van der Waals surface area contributed by atoms with E-state index >= 15 is 0 Å². The van der Waals surface area contributed by atoms with Gasteiger partial charge in [-0.15, -0.1) is 0 Å². The molecule has 2 unspecified atom stereocenters. The van der Waals surface area contributed by atoms with Gasteiger partial charge in [0.25, 0.3) is 0 Å². The summed E-state index contributed by atoms with van der Waals surface area (Å²) in [6.07, 6.45) is 5.30. The van der Waals surface area contributed by atoms with Crippen molar-refractivity contribution in [3.05, 3.63) is 24.2 Å². The molecule has 0 saturated heterocycles. The molecule has 0 aromatic carbocycles. The van der Waals surface area contributed by atoms with Crippen LogP contribution in [0.25, 0.3) is 0 Å². The summed E-state index contributed by atoms with van der Waals surface area (Å²) in [5.41, 5.74) is 0. The number of nitrogens with one attached hydrogen (secondary N) is 1. The predicted octanol–water partition coefficient (Wildman–Crippen LogP) is 3.24. The van der Waals surface area contributed by atoms with Gasteiger partial charge < -0.3 is 9.73 Å². The van der Waals surface area contributed by atoms with Gasteiger partial charge in [-0.05, 0) is 37.9 Å². The van der Waals surface area contributed by atoms with Crippen LogP contribution >= 0.6 is 0 Å². The zero-order valence-corrected chi connectivity index (χ0v) is 10.1. The Kier molecular flexibility index (Phi) is 5.48. The molecular weight excluding hydrogens is 186 g/mol. The summed E-state index contributed by atoms with van der Waals surface area (Å²) in [5, 5.41) is 3.55. The molecule has 0 aliphatic heterocycles. The van der Waals surface area contributed by atoms with Crippen LogP contribution in [0, 0.1) is 5.92 Å². The summed E-state index contributed by atoms with van der Waals surface area (Å²) < 4.78 is 5.32. The second-order valence-electron chi connectivity index (χ2n) is 4.49. The zero-order chi connectivity index (χ0) is 11.1. The molecule has 2 nitrogen and oxygen atoms in total. The lowest BCUT2D eigenvalue weighted by molar-refractivity contribution is 0.413. The molecule has 0 radical (unpaired) electrons. The third-order valence-corrected chi connectivity index (χ3v) is 2.68. The lowest BCUT2D eigenvalue weighted by Crippen LogP contribution is -2.31. The molecule has 0 spiro atoms. The molecule has 2 heteroatoms. The van der Waals surface area contributed by atoms with Gasteiger partial charge in [0.05, 0.1) is 6.26 Å². The largest absolute Gasteiger partial charge is 0.469 e. The average molecular weight is 209 g/mol. The average Bonchev–Trinajstić information content (AvgIpc) is 2.68. The maximum Gasteiger partial charge on any atom is 0.105 e. The van der Waals surface area contributed by atoms with Crippen LogP contribution in [-0.4, -0.2) is 12.6 Å². The Labute approximate surface area is 93.1 Å². The van der Waals surface area contributed by atoms with Crippen molar-refractivity contribution in [1.82, 2.24) is 5.32 Å². The molecule has 0 bridgehead atoms. The van der Waals surface area contributed by atoms with Crippen molar-refractivity contribution in [3.8, 4) is 0 Å². The van der Waals surface area contributed by atoms with Gasteiger partial charge in [0.15, 0.2) is 0 Å². The lowest BCUT2D eigenvalue weighted by Gasteiger charge is -2.16. The van der Waals surface area contributed by atoms with E-state index in [-0.39, 0.29) is 0 Å². The zero-order valence-electron chi connectivity index (χ0n) is 10.1. The molecule has 2 atom stereocenters. The molecule has 1 rings (SSSR count). The van der Waals surface area contributed by atoms with E-state index in [9.17, 15) is 0 Å². The molecule has 0 amide bonds. The van der Waals surface area contributed by atoms with Crippen molar-refractivity contribution in [2.75, 3.05) is 6.54 Å². The summed E-state index contributed by atoms with van der Waals surface area (Å²) in [7, 11) is 0. The highest BCUT2D eigenvalue weighted by molar-refractivity contribution is 4.99. The van der Waals surface area contributed by atoms with Gasteiger partial charge in [0.1, 0.15) is 5.76 Å².